The first-order valence-electron chi connectivity index (χ1n) is 7.29. The van der Waals surface area contributed by atoms with Crippen LogP contribution in [0, 0.1) is 6.92 Å². The van der Waals surface area contributed by atoms with Crippen molar-refractivity contribution in [2.75, 3.05) is 13.1 Å². The van der Waals surface area contributed by atoms with E-state index in [4.69, 9.17) is 4.42 Å². The Labute approximate surface area is 118 Å². The van der Waals surface area contributed by atoms with Crippen molar-refractivity contribution >= 4 is 11.8 Å². The van der Waals surface area contributed by atoms with Crippen LogP contribution in [0.3, 0.4) is 0 Å². The van der Waals surface area contributed by atoms with Crippen LogP contribution in [-0.4, -0.2) is 40.7 Å². The van der Waals surface area contributed by atoms with Gasteiger partial charge in [0.2, 0.25) is 11.8 Å². The standard InChI is InChI=1S/C15H20N2O3/c1-11-5-6-12(20-11)10-16-9-7-14(18)17-8-3-2-4-13(17)15(16)19/h5-6,13H,2-4,7-10H2,1H3. The van der Waals surface area contributed by atoms with Gasteiger partial charge in [-0.15, -0.1) is 0 Å². The molecule has 1 unspecified atom stereocenters. The van der Waals surface area contributed by atoms with Crippen molar-refractivity contribution in [1.29, 1.82) is 0 Å². The van der Waals surface area contributed by atoms with Crippen LogP contribution in [0.25, 0.3) is 0 Å². The van der Waals surface area contributed by atoms with Crippen LogP contribution >= 0.6 is 0 Å². The highest BCUT2D eigenvalue weighted by Gasteiger charge is 2.37. The summed E-state index contributed by atoms with van der Waals surface area (Å²) in [4.78, 5) is 28.3. The maximum Gasteiger partial charge on any atom is 0.245 e. The zero-order valence-electron chi connectivity index (χ0n) is 11.8. The van der Waals surface area contributed by atoms with Gasteiger partial charge in [-0.2, -0.15) is 0 Å². The van der Waals surface area contributed by atoms with Crippen LogP contribution < -0.4 is 0 Å². The number of amides is 2. The quantitative estimate of drug-likeness (QED) is 0.826. The molecule has 0 spiro atoms. The van der Waals surface area contributed by atoms with Gasteiger partial charge >= 0.3 is 0 Å². The van der Waals surface area contributed by atoms with Crippen LogP contribution in [-0.2, 0) is 16.1 Å². The number of hydrogen-bond acceptors (Lipinski definition) is 3. The Morgan fingerprint density at radius 3 is 2.85 bits per heavy atom. The highest BCUT2D eigenvalue weighted by Crippen LogP contribution is 2.24. The number of furan rings is 1. The van der Waals surface area contributed by atoms with E-state index in [9.17, 15) is 9.59 Å². The Morgan fingerprint density at radius 2 is 2.10 bits per heavy atom. The molecular weight excluding hydrogens is 256 g/mol. The second kappa shape index (κ2) is 5.31. The number of hydrogen-bond donors (Lipinski definition) is 0. The van der Waals surface area contributed by atoms with Crippen molar-refractivity contribution in [3.63, 3.8) is 0 Å². The van der Waals surface area contributed by atoms with Gasteiger partial charge in [-0.3, -0.25) is 9.59 Å². The highest BCUT2D eigenvalue weighted by molar-refractivity contribution is 5.90. The zero-order chi connectivity index (χ0) is 14.1. The van der Waals surface area contributed by atoms with Crippen molar-refractivity contribution in [2.45, 2.75) is 45.2 Å². The molecule has 1 atom stereocenters. The van der Waals surface area contributed by atoms with E-state index in [2.05, 4.69) is 0 Å². The predicted octanol–water partition coefficient (Wildman–Crippen LogP) is 1.70. The molecule has 0 N–H and O–H groups in total. The molecule has 5 nitrogen and oxygen atoms in total. The van der Waals surface area contributed by atoms with Gasteiger partial charge in [0.25, 0.3) is 0 Å². The van der Waals surface area contributed by atoms with Crippen LogP contribution in [0.5, 0.6) is 0 Å². The van der Waals surface area contributed by atoms with Crippen molar-refractivity contribution in [1.82, 2.24) is 9.80 Å². The normalized spacial score (nSPS) is 23.8. The van der Waals surface area contributed by atoms with Gasteiger partial charge in [-0.25, -0.2) is 0 Å². The van der Waals surface area contributed by atoms with Crippen molar-refractivity contribution in [3.05, 3.63) is 23.7 Å². The van der Waals surface area contributed by atoms with Gasteiger partial charge in [-0.1, -0.05) is 0 Å². The number of aryl methyl sites for hydroxylation is 1. The van der Waals surface area contributed by atoms with Crippen LogP contribution in [0.2, 0.25) is 0 Å². The molecule has 0 bridgehead atoms. The number of carbonyl (C=O) groups excluding carboxylic acids is 2. The van der Waals surface area contributed by atoms with E-state index in [0.29, 0.717) is 19.5 Å². The lowest BCUT2D eigenvalue weighted by Crippen LogP contribution is -2.49. The van der Waals surface area contributed by atoms with E-state index in [1.807, 2.05) is 19.1 Å². The predicted molar refractivity (Wildman–Crippen MR) is 72.8 cm³/mol. The molecule has 2 amide bonds. The first kappa shape index (κ1) is 13.2. The largest absolute Gasteiger partial charge is 0.464 e. The first-order valence-corrected chi connectivity index (χ1v) is 7.29. The maximum atomic E-state index is 12.6. The Kier molecular flexibility index (Phi) is 3.51. The summed E-state index contributed by atoms with van der Waals surface area (Å²) in [5.74, 6) is 1.82. The summed E-state index contributed by atoms with van der Waals surface area (Å²) < 4.78 is 5.55. The smallest absolute Gasteiger partial charge is 0.245 e. The van der Waals surface area contributed by atoms with E-state index in [0.717, 1.165) is 37.3 Å². The monoisotopic (exact) mass is 276 g/mol. The molecule has 20 heavy (non-hydrogen) atoms. The van der Waals surface area contributed by atoms with Gasteiger partial charge in [-0.05, 0) is 38.3 Å². The Balaban J connectivity index is 1.78. The SMILES string of the molecule is Cc1ccc(CN2CCC(=O)N3CCCCC3C2=O)o1. The number of piperidine rings is 1. The summed E-state index contributed by atoms with van der Waals surface area (Å²) in [6.45, 7) is 3.57. The molecule has 3 rings (SSSR count). The third kappa shape index (κ3) is 2.44. The molecule has 0 aliphatic carbocycles. The fourth-order valence-corrected chi connectivity index (χ4v) is 3.10. The minimum atomic E-state index is -0.255. The molecule has 2 fully saturated rings. The third-order valence-corrected chi connectivity index (χ3v) is 4.16. The topological polar surface area (TPSA) is 53.8 Å². The minimum Gasteiger partial charge on any atom is -0.464 e. The summed E-state index contributed by atoms with van der Waals surface area (Å²) in [5.41, 5.74) is 0. The summed E-state index contributed by atoms with van der Waals surface area (Å²) in [5, 5.41) is 0. The van der Waals surface area contributed by atoms with Crippen molar-refractivity contribution in [3.8, 4) is 0 Å². The van der Waals surface area contributed by atoms with Crippen molar-refractivity contribution in [2.24, 2.45) is 0 Å². The lowest BCUT2D eigenvalue weighted by atomic mass is 10.0. The first-order chi connectivity index (χ1) is 9.65. The van der Waals surface area contributed by atoms with Crippen molar-refractivity contribution < 1.29 is 14.0 Å². The molecule has 2 saturated heterocycles. The third-order valence-electron chi connectivity index (χ3n) is 4.16. The molecule has 1 aromatic rings. The lowest BCUT2D eigenvalue weighted by molar-refractivity contribution is -0.143. The molecule has 5 heteroatoms. The Bertz CT molecular complexity index is 523. The molecule has 1 aromatic heterocycles. The van der Waals surface area contributed by atoms with E-state index in [1.165, 1.54) is 0 Å². The fraction of sp³-hybridized carbons (Fsp3) is 0.600. The zero-order valence-corrected chi connectivity index (χ0v) is 11.8. The van der Waals surface area contributed by atoms with Gasteiger partial charge in [0, 0.05) is 19.5 Å². The molecule has 2 aliphatic rings. The van der Waals surface area contributed by atoms with Crippen LogP contribution in [0.15, 0.2) is 16.5 Å². The number of fused-ring (bicyclic) bond motifs is 1. The average Bonchev–Trinajstić information content (AvgIpc) is 2.82. The molecule has 0 saturated carbocycles. The van der Waals surface area contributed by atoms with Gasteiger partial charge in [0.1, 0.15) is 17.6 Å². The number of rotatable bonds is 2. The molecule has 3 heterocycles. The summed E-state index contributed by atoms with van der Waals surface area (Å²) in [6.07, 6.45) is 3.24. The second-order valence-corrected chi connectivity index (χ2v) is 5.62. The van der Waals surface area contributed by atoms with E-state index < -0.39 is 0 Å². The number of nitrogens with zero attached hydrogens (tertiary/aromatic N) is 2. The van der Waals surface area contributed by atoms with E-state index >= 15 is 0 Å². The van der Waals surface area contributed by atoms with E-state index in [-0.39, 0.29) is 17.9 Å². The van der Waals surface area contributed by atoms with Gasteiger partial charge in [0.05, 0.1) is 6.54 Å². The summed E-state index contributed by atoms with van der Waals surface area (Å²) >= 11 is 0. The Morgan fingerprint density at radius 1 is 1.25 bits per heavy atom. The highest BCUT2D eigenvalue weighted by atomic mass is 16.3. The molecular formula is C15H20N2O3. The summed E-state index contributed by atoms with van der Waals surface area (Å²) in [6, 6.07) is 3.54. The number of carbonyl (C=O) groups is 2. The molecule has 108 valence electrons. The van der Waals surface area contributed by atoms with Gasteiger partial charge < -0.3 is 14.2 Å². The lowest BCUT2D eigenvalue weighted by Gasteiger charge is -2.34. The van der Waals surface area contributed by atoms with Crippen LogP contribution in [0.1, 0.15) is 37.2 Å². The Hall–Kier alpha value is -1.78. The average molecular weight is 276 g/mol. The van der Waals surface area contributed by atoms with Crippen LogP contribution in [0.4, 0.5) is 0 Å². The maximum absolute atomic E-state index is 12.6. The second-order valence-electron chi connectivity index (χ2n) is 5.62. The molecule has 0 aromatic carbocycles. The fourth-order valence-electron chi connectivity index (χ4n) is 3.10. The molecule has 0 radical (unpaired) electrons. The molecule has 2 aliphatic heterocycles. The van der Waals surface area contributed by atoms with E-state index in [1.54, 1.807) is 9.80 Å². The summed E-state index contributed by atoms with van der Waals surface area (Å²) in [7, 11) is 0. The minimum absolute atomic E-state index is 0.0737. The van der Waals surface area contributed by atoms with Gasteiger partial charge in [0.15, 0.2) is 0 Å².